The monoisotopic (exact) mass is 367 g/mol. The van der Waals surface area contributed by atoms with Crippen molar-refractivity contribution in [2.75, 3.05) is 0 Å². The molecule has 0 bridgehead atoms. The molecule has 1 rings (SSSR count). The molecule has 27 heavy (non-hydrogen) atoms. The number of carbonyl (C=O) groups is 1. The highest BCUT2D eigenvalue weighted by molar-refractivity contribution is 6.02. The minimum Gasteiger partial charge on any atom is -0.502 e. The lowest BCUT2D eigenvalue weighted by Gasteiger charge is -2.19. The summed E-state index contributed by atoms with van der Waals surface area (Å²) in [7, 11) is 0. The van der Waals surface area contributed by atoms with E-state index in [0.717, 1.165) is 24.1 Å². The number of nitriles is 1. The Kier molecular flexibility index (Phi) is 8.20. The van der Waals surface area contributed by atoms with Gasteiger partial charge in [0.15, 0.2) is 5.75 Å². The molecule has 1 aromatic carbocycles. The highest BCUT2D eigenvalue weighted by atomic mass is 16.6. The molecule has 0 fully saturated rings. The number of rotatable bonds is 9. The molecule has 1 atom stereocenters. The molecule has 1 unspecified atom stereocenters. The quantitative estimate of drug-likeness (QED) is 0.226. The highest BCUT2D eigenvalue weighted by Gasteiger charge is 2.18. The van der Waals surface area contributed by atoms with Gasteiger partial charge in [-0.15, -0.1) is 0 Å². The van der Waals surface area contributed by atoms with Crippen molar-refractivity contribution in [3.05, 3.63) is 76.4 Å². The molecule has 7 heteroatoms. The summed E-state index contributed by atoms with van der Waals surface area (Å²) >= 11 is 0. The summed E-state index contributed by atoms with van der Waals surface area (Å²) in [6.45, 7) is 9.32. The summed E-state index contributed by atoms with van der Waals surface area (Å²) in [4.78, 5) is 22.7. The molecule has 0 aromatic heterocycles. The molecule has 0 radical (unpaired) electrons. The molecule has 2 N–H and O–H groups in total. The van der Waals surface area contributed by atoms with Crippen molar-refractivity contribution in [3.8, 4) is 11.8 Å². The Morgan fingerprint density at radius 3 is 2.70 bits per heavy atom. The van der Waals surface area contributed by atoms with Crippen LogP contribution in [0.25, 0.3) is 6.08 Å². The van der Waals surface area contributed by atoms with Gasteiger partial charge in [0, 0.05) is 6.07 Å². The fourth-order valence-electron chi connectivity index (χ4n) is 2.40. The van der Waals surface area contributed by atoms with Crippen molar-refractivity contribution in [2.24, 2.45) is 0 Å². The van der Waals surface area contributed by atoms with E-state index in [9.17, 15) is 25.3 Å². The minimum atomic E-state index is -0.744. The van der Waals surface area contributed by atoms with Gasteiger partial charge < -0.3 is 10.4 Å². The molecule has 1 amide bonds. The maximum atomic E-state index is 12.5. The predicted molar refractivity (Wildman–Crippen MR) is 104 cm³/mol. The van der Waals surface area contributed by atoms with E-state index in [-0.39, 0.29) is 17.2 Å². The highest BCUT2D eigenvalue weighted by Crippen LogP contribution is 2.27. The van der Waals surface area contributed by atoms with Crippen molar-refractivity contribution in [1.82, 2.24) is 5.32 Å². The number of phenols is 1. The molecule has 0 aliphatic heterocycles. The molecule has 1 aromatic rings. The second-order valence-electron chi connectivity index (χ2n) is 5.60. The van der Waals surface area contributed by atoms with Gasteiger partial charge >= 0.3 is 5.69 Å². The number of hydrogen-bond donors (Lipinski definition) is 2. The van der Waals surface area contributed by atoms with Crippen molar-refractivity contribution < 1.29 is 14.8 Å². The van der Waals surface area contributed by atoms with Crippen LogP contribution in [0.4, 0.5) is 5.69 Å². The molecule has 0 aliphatic rings. The normalized spacial score (nSPS) is 12.6. The third kappa shape index (κ3) is 5.97. The van der Waals surface area contributed by atoms with E-state index in [1.165, 1.54) is 12.1 Å². The van der Waals surface area contributed by atoms with Gasteiger partial charge in [-0.2, -0.15) is 5.26 Å². The van der Waals surface area contributed by atoms with E-state index in [0.29, 0.717) is 6.42 Å². The number of allylic oxidation sites excluding steroid dienone is 2. The Morgan fingerprint density at radius 2 is 2.19 bits per heavy atom. The Hall–Kier alpha value is -3.66. The van der Waals surface area contributed by atoms with Crippen LogP contribution in [0.2, 0.25) is 0 Å². The largest absolute Gasteiger partial charge is 0.502 e. The first-order chi connectivity index (χ1) is 12.9. The second-order valence-corrected chi connectivity index (χ2v) is 5.60. The predicted octanol–water partition coefficient (Wildman–Crippen LogP) is 3.79. The zero-order valence-corrected chi connectivity index (χ0v) is 15.0. The smallest absolute Gasteiger partial charge is 0.311 e. The fraction of sp³-hybridized carbons (Fsp3) is 0.200. The number of nitro benzene ring substituents is 1. The number of phenolic OH excluding ortho intramolecular Hbond substituents is 1. The molecular weight excluding hydrogens is 346 g/mol. The van der Waals surface area contributed by atoms with Gasteiger partial charge in [-0.3, -0.25) is 14.9 Å². The van der Waals surface area contributed by atoms with Crippen LogP contribution < -0.4 is 5.32 Å². The minimum absolute atomic E-state index is 0.210. The maximum absolute atomic E-state index is 12.5. The Bertz CT molecular complexity index is 847. The third-order valence-corrected chi connectivity index (χ3v) is 3.70. The average Bonchev–Trinajstić information content (AvgIpc) is 2.64. The fourth-order valence-corrected chi connectivity index (χ4v) is 2.40. The van der Waals surface area contributed by atoms with Crippen LogP contribution in [-0.4, -0.2) is 22.0 Å². The van der Waals surface area contributed by atoms with E-state index in [1.54, 1.807) is 24.3 Å². The van der Waals surface area contributed by atoms with Crippen LogP contribution in [0.15, 0.2) is 60.7 Å². The molecule has 0 saturated carbocycles. The molecule has 0 aliphatic carbocycles. The zero-order valence-electron chi connectivity index (χ0n) is 15.0. The summed E-state index contributed by atoms with van der Waals surface area (Å²) in [5.41, 5.74) is 0.299. The number of amides is 1. The maximum Gasteiger partial charge on any atom is 0.311 e. The van der Waals surface area contributed by atoms with Crippen molar-refractivity contribution >= 4 is 17.7 Å². The first kappa shape index (κ1) is 21.4. The van der Waals surface area contributed by atoms with E-state index >= 15 is 0 Å². The molecule has 0 heterocycles. The first-order valence-electron chi connectivity index (χ1n) is 8.23. The van der Waals surface area contributed by atoms with Gasteiger partial charge in [0.1, 0.15) is 11.6 Å². The molecule has 7 nitrogen and oxygen atoms in total. The lowest BCUT2D eigenvalue weighted by atomic mass is 10.0. The summed E-state index contributed by atoms with van der Waals surface area (Å²) in [5, 5.41) is 32.5. The van der Waals surface area contributed by atoms with Crippen LogP contribution in [0.1, 0.15) is 25.3 Å². The van der Waals surface area contributed by atoms with Gasteiger partial charge in [0.05, 0.1) is 11.0 Å². The van der Waals surface area contributed by atoms with Crippen molar-refractivity contribution in [2.45, 2.75) is 25.8 Å². The topological polar surface area (TPSA) is 116 Å². The van der Waals surface area contributed by atoms with Gasteiger partial charge in [-0.05, 0) is 29.7 Å². The standard InChI is InChI=1S/C20H21N3O4/c1-4-7-15(6-3)17(8-5-2)22-20(25)16(13-21)11-14-9-10-19(24)18(12-14)23(26)27/h4,6-7,9-12,17,24H,1,3,5,8H2,2H3,(H,22,25)/b15-7+,16-11+. The van der Waals surface area contributed by atoms with Crippen LogP contribution in [-0.2, 0) is 4.79 Å². The van der Waals surface area contributed by atoms with Gasteiger partial charge in [0.25, 0.3) is 5.91 Å². The summed E-state index contributed by atoms with van der Waals surface area (Å²) in [5.74, 6) is -1.10. The Balaban J connectivity index is 3.17. The van der Waals surface area contributed by atoms with E-state index in [2.05, 4.69) is 18.5 Å². The zero-order chi connectivity index (χ0) is 20.4. The van der Waals surface area contributed by atoms with E-state index in [4.69, 9.17) is 0 Å². The SMILES string of the molecule is C=C/C=C(\C=C)C(CCC)NC(=O)/C(C#N)=C/c1ccc(O)c([N+](=O)[O-])c1. The van der Waals surface area contributed by atoms with Crippen LogP contribution >= 0.6 is 0 Å². The number of nitrogens with one attached hydrogen (secondary N) is 1. The van der Waals surface area contributed by atoms with E-state index in [1.807, 2.05) is 6.92 Å². The van der Waals surface area contributed by atoms with Crippen LogP contribution in [0.5, 0.6) is 5.75 Å². The number of carbonyl (C=O) groups excluding carboxylic acids is 1. The average molecular weight is 367 g/mol. The number of hydrogen-bond acceptors (Lipinski definition) is 5. The molecule has 0 spiro atoms. The lowest BCUT2D eigenvalue weighted by Crippen LogP contribution is -2.36. The van der Waals surface area contributed by atoms with E-state index < -0.39 is 22.3 Å². The summed E-state index contributed by atoms with van der Waals surface area (Å²) in [6, 6.07) is 5.07. The van der Waals surface area contributed by atoms with Gasteiger partial charge in [-0.1, -0.05) is 50.8 Å². The first-order valence-corrected chi connectivity index (χ1v) is 8.23. The number of aromatic hydroxyl groups is 1. The van der Waals surface area contributed by atoms with Crippen LogP contribution in [0.3, 0.4) is 0 Å². The number of nitro groups is 1. The van der Waals surface area contributed by atoms with Gasteiger partial charge in [-0.25, -0.2) is 0 Å². The molecule has 140 valence electrons. The number of benzene rings is 1. The Labute approximate surface area is 157 Å². The number of nitrogens with zero attached hydrogens (tertiary/aromatic N) is 2. The second kappa shape index (κ2) is 10.4. The summed E-state index contributed by atoms with van der Waals surface area (Å²) < 4.78 is 0. The summed E-state index contributed by atoms with van der Waals surface area (Å²) in [6.07, 6.45) is 7.59. The van der Waals surface area contributed by atoms with Crippen molar-refractivity contribution in [1.29, 1.82) is 5.26 Å². The molecular formula is C20H21N3O4. The third-order valence-electron chi connectivity index (χ3n) is 3.70. The van der Waals surface area contributed by atoms with Crippen LogP contribution in [0, 0.1) is 21.4 Å². The molecule has 0 saturated heterocycles. The van der Waals surface area contributed by atoms with Crippen molar-refractivity contribution in [3.63, 3.8) is 0 Å². The Morgan fingerprint density at radius 1 is 1.48 bits per heavy atom. The lowest BCUT2D eigenvalue weighted by molar-refractivity contribution is -0.385. The van der Waals surface area contributed by atoms with Gasteiger partial charge in [0.2, 0.25) is 0 Å².